The Labute approximate surface area is 121 Å². The van der Waals surface area contributed by atoms with Gasteiger partial charge in [0.15, 0.2) is 17.3 Å². The van der Waals surface area contributed by atoms with E-state index < -0.39 is 0 Å². The fourth-order valence-corrected chi connectivity index (χ4v) is 1.99. The summed E-state index contributed by atoms with van der Waals surface area (Å²) < 4.78 is 15.8. The monoisotopic (exact) mass is 286 g/mol. The molecule has 108 valence electrons. The van der Waals surface area contributed by atoms with E-state index in [0.717, 1.165) is 5.56 Å². The molecule has 0 fully saturated rings. The molecule has 1 aliphatic rings. The van der Waals surface area contributed by atoms with Gasteiger partial charge in [-0.25, -0.2) is 0 Å². The molecule has 1 aromatic carbocycles. The summed E-state index contributed by atoms with van der Waals surface area (Å²) in [6, 6.07) is 7.24. The fourth-order valence-electron chi connectivity index (χ4n) is 1.99. The van der Waals surface area contributed by atoms with Crippen LogP contribution in [0.25, 0.3) is 11.3 Å². The SMILES string of the molecule is C=CCNC(=O)Cc1cc(-c2ccc3c(c2)OCO3)on1. The number of nitrogens with zero attached hydrogens (tertiary/aromatic N) is 1. The number of carbonyl (C=O) groups is 1. The Morgan fingerprint density at radius 1 is 1.33 bits per heavy atom. The van der Waals surface area contributed by atoms with E-state index in [0.29, 0.717) is 29.5 Å². The Morgan fingerprint density at radius 2 is 2.19 bits per heavy atom. The average molecular weight is 286 g/mol. The molecule has 0 spiro atoms. The van der Waals surface area contributed by atoms with Crippen LogP contribution in [0.2, 0.25) is 0 Å². The van der Waals surface area contributed by atoms with Crippen LogP contribution in [0, 0.1) is 0 Å². The summed E-state index contributed by atoms with van der Waals surface area (Å²) in [5.41, 5.74) is 1.40. The summed E-state index contributed by atoms with van der Waals surface area (Å²) >= 11 is 0. The quantitative estimate of drug-likeness (QED) is 0.850. The summed E-state index contributed by atoms with van der Waals surface area (Å²) in [4.78, 5) is 11.6. The Morgan fingerprint density at radius 3 is 3.05 bits per heavy atom. The Hall–Kier alpha value is -2.76. The van der Waals surface area contributed by atoms with Crippen molar-refractivity contribution < 1.29 is 18.8 Å². The van der Waals surface area contributed by atoms with E-state index in [1.165, 1.54) is 0 Å². The minimum atomic E-state index is -0.125. The molecule has 2 heterocycles. The molecule has 21 heavy (non-hydrogen) atoms. The largest absolute Gasteiger partial charge is 0.454 e. The maximum Gasteiger partial charge on any atom is 0.231 e. The van der Waals surface area contributed by atoms with Gasteiger partial charge in [0, 0.05) is 18.2 Å². The first-order valence-corrected chi connectivity index (χ1v) is 6.49. The highest BCUT2D eigenvalue weighted by Crippen LogP contribution is 2.35. The molecular formula is C15H14N2O4. The van der Waals surface area contributed by atoms with Crippen LogP contribution in [0.4, 0.5) is 0 Å². The number of carbonyl (C=O) groups excluding carboxylic acids is 1. The molecule has 0 radical (unpaired) electrons. The Kier molecular flexibility index (Phi) is 3.59. The van der Waals surface area contributed by atoms with E-state index >= 15 is 0 Å². The third-order valence-corrected chi connectivity index (χ3v) is 3.00. The van der Waals surface area contributed by atoms with Crippen molar-refractivity contribution in [3.63, 3.8) is 0 Å². The molecule has 0 atom stereocenters. The lowest BCUT2D eigenvalue weighted by Gasteiger charge is -1.98. The molecule has 1 N–H and O–H groups in total. The van der Waals surface area contributed by atoms with Gasteiger partial charge in [0.25, 0.3) is 0 Å². The van der Waals surface area contributed by atoms with E-state index in [1.54, 1.807) is 12.1 Å². The van der Waals surface area contributed by atoms with Gasteiger partial charge < -0.3 is 19.3 Å². The molecule has 1 aliphatic heterocycles. The lowest BCUT2D eigenvalue weighted by molar-refractivity contribution is -0.120. The van der Waals surface area contributed by atoms with Gasteiger partial charge in [-0.15, -0.1) is 6.58 Å². The van der Waals surface area contributed by atoms with Crippen molar-refractivity contribution in [1.82, 2.24) is 10.5 Å². The zero-order chi connectivity index (χ0) is 14.7. The molecule has 0 unspecified atom stereocenters. The molecule has 3 rings (SSSR count). The van der Waals surface area contributed by atoms with Crippen LogP contribution < -0.4 is 14.8 Å². The van der Waals surface area contributed by atoms with Gasteiger partial charge >= 0.3 is 0 Å². The van der Waals surface area contributed by atoms with Crippen LogP contribution in [-0.4, -0.2) is 24.4 Å². The molecular weight excluding hydrogens is 272 g/mol. The minimum absolute atomic E-state index is 0.125. The van der Waals surface area contributed by atoms with Gasteiger partial charge in [0.2, 0.25) is 12.7 Å². The molecule has 2 aromatic rings. The van der Waals surface area contributed by atoms with Crippen molar-refractivity contribution >= 4 is 5.91 Å². The maximum absolute atomic E-state index is 11.6. The van der Waals surface area contributed by atoms with Crippen molar-refractivity contribution in [2.75, 3.05) is 13.3 Å². The van der Waals surface area contributed by atoms with Crippen molar-refractivity contribution in [3.8, 4) is 22.8 Å². The third-order valence-electron chi connectivity index (χ3n) is 3.00. The smallest absolute Gasteiger partial charge is 0.231 e. The summed E-state index contributed by atoms with van der Waals surface area (Å²) in [5.74, 6) is 1.84. The van der Waals surface area contributed by atoms with Gasteiger partial charge in [0.05, 0.1) is 12.1 Å². The van der Waals surface area contributed by atoms with Crippen molar-refractivity contribution in [2.45, 2.75) is 6.42 Å². The highest BCUT2D eigenvalue weighted by molar-refractivity contribution is 5.78. The minimum Gasteiger partial charge on any atom is -0.454 e. The normalized spacial score (nSPS) is 12.2. The first kappa shape index (κ1) is 13.2. The second-order valence-corrected chi connectivity index (χ2v) is 4.52. The number of nitrogens with one attached hydrogen (secondary N) is 1. The molecule has 0 aliphatic carbocycles. The van der Waals surface area contributed by atoms with E-state index in [9.17, 15) is 4.79 Å². The van der Waals surface area contributed by atoms with Crippen molar-refractivity contribution in [1.29, 1.82) is 0 Å². The number of hydrogen-bond donors (Lipinski definition) is 1. The molecule has 0 bridgehead atoms. The fraction of sp³-hybridized carbons (Fsp3) is 0.200. The van der Waals surface area contributed by atoms with Crippen LogP contribution in [0.3, 0.4) is 0 Å². The predicted octanol–water partition coefficient (Wildman–Crippen LogP) is 1.91. The van der Waals surface area contributed by atoms with Crippen LogP contribution in [0.5, 0.6) is 11.5 Å². The van der Waals surface area contributed by atoms with Gasteiger partial charge in [-0.2, -0.15) is 0 Å². The Bertz CT molecular complexity index is 678. The molecule has 0 saturated carbocycles. The molecule has 1 aromatic heterocycles. The first-order chi connectivity index (χ1) is 10.3. The number of amides is 1. The summed E-state index contributed by atoms with van der Waals surface area (Å²) in [7, 11) is 0. The predicted molar refractivity (Wildman–Crippen MR) is 75.0 cm³/mol. The van der Waals surface area contributed by atoms with Gasteiger partial charge in [-0.3, -0.25) is 4.79 Å². The standard InChI is InChI=1S/C15H14N2O4/c1-2-5-16-15(18)8-11-7-13(21-17-11)10-3-4-12-14(6-10)20-9-19-12/h2-4,6-7H,1,5,8-9H2,(H,16,18). The Balaban J connectivity index is 1.72. The zero-order valence-electron chi connectivity index (χ0n) is 11.3. The summed E-state index contributed by atoms with van der Waals surface area (Å²) in [5, 5.41) is 6.59. The van der Waals surface area contributed by atoms with Gasteiger partial charge in [-0.1, -0.05) is 11.2 Å². The number of fused-ring (bicyclic) bond motifs is 1. The summed E-state index contributed by atoms with van der Waals surface area (Å²) in [6.45, 7) is 4.20. The number of benzene rings is 1. The van der Waals surface area contributed by atoms with Crippen LogP contribution in [-0.2, 0) is 11.2 Å². The lowest BCUT2D eigenvalue weighted by atomic mass is 10.1. The molecule has 1 amide bonds. The average Bonchev–Trinajstić information content (AvgIpc) is 3.12. The van der Waals surface area contributed by atoms with Crippen molar-refractivity contribution in [3.05, 3.63) is 42.6 Å². The topological polar surface area (TPSA) is 73.6 Å². The highest BCUT2D eigenvalue weighted by atomic mass is 16.7. The number of rotatable bonds is 5. The second-order valence-electron chi connectivity index (χ2n) is 4.52. The molecule has 6 heteroatoms. The van der Waals surface area contributed by atoms with Crippen LogP contribution in [0.15, 0.2) is 41.4 Å². The van der Waals surface area contributed by atoms with E-state index in [-0.39, 0.29) is 19.1 Å². The summed E-state index contributed by atoms with van der Waals surface area (Å²) in [6.07, 6.45) is 1.79. The third kappa shape index (κ3) is 2.89. The van der Waals surface area contributed by atoms with Crippen LogP contribution in [0.1, 0.15) is 5.69 Å². The number of aromatic nitrogens is 1. The first-order valence-electron chi connectivity index (χ1n) is 6.49. The zero-order valence-corrected chi connectivity index (χ0v) is 11.3. The second kappa shape index (κ2) is 5.70. The van der Waals surface area contributed by atoms with Gasteiger partial charge in [-0.05, 0) is 18.2 Å². The van der Waals surface area contributed by atoms with E-state index in [2.05, 4.69) is 17.1 Å². The van der Waals surface area contributed by atoms with Gasteiger partial charge in [0.1, 0.15) is 0 Å². The highest BCUT2D eigenvalue weighted by Gasteiger charge is 2.16. The number of hydrogen-bond acceptors (Lipinski definition) is 5. The van der Waals surface area contributed by atoms with Crippen LogP contribution >= 0.6 is 0 Å². The van der Waals surface area contributed by atoms with E-state index in [1.807, 2.05) is 18.2 Å². The maximum atomic E-state index is 11.6. The van der Waals surface area contributed by atoms with E-state index in [4.69, 9.17) is 14.0 Å². The number of ether oxygens (including phenoxy) is 2. The molecule has 6 nitrogen and oxygen atoms in total. The van der Waals surface area contributed by atoms with Crippen molar-refractivity contribution in [2.24, 2.45) is 0 Å². The molecule has 0 saturated heterocycles. The lowest BCUT2D eigenvalue weighted by Crippen LogP contribution is -2.24.